The lowest BCUT2D eigenvalue weighted by Crippen LogP contribution is -2.39. The Bertz CT molecular complexity index is 407. The number of methoxy groups -OCH3 is 1. The van der Waals surface area contributed by atoms with Gasteiger partial charge in [0.2, 0.25) is 5.91 Å². The maximum absolute atomic E-state index is 12.1. The third kappa shape index (κ3) is 3.09. The van der Waals surface area contributed by atoms with Crippen LogP contribution in [0.5, 0.6) is 0 Å². The first-order valence-corrected chi connectivity index (χ1v) is 6.38. The van der Waals surface area contributed by atoms with Crippen molar-refractivity contribution in [3.05, 3.63) is 35.4 Å². The summed E-state index contributed by atoms with van der Waals surface area (Å²) in [6.45, 7) is 2.92. The number of carbonyl (C=O) groups excluding carboxylic acids is 1. The first-order valence-electron chi connectivity index (χ1n) is 6.38. The number of ether oxygens (including phenoxy) is 1. The molecule has 0 saturated heterocycles. The number of benzene rings is 1. The van der Waals surface area contributed by atoms with E-state index in [0.29, 0.717) is 19.7 Å². The number of carbonyl (C=O) groups is 1. The molecule has 0 bridgehead atoms. The van der Waals surface area contributed by atoms with Crippen molar-refractivity contribution in [2.45, 2.75) is 18.9 Å². The maximum atomic E-state index is 12.1. The van der Waals surface area contributed by atoms with Crippen molar-refractivity contribution in [2.75, 3.05) is 26.8 Å². The topological polar surface area (TPSA) is 50.4 Å². The average Bonchev–Trinajstić information content (AvgIpc) is 2.43. The lowest BCUT2D eigenvalue weighted by molar-refractivity contribution is -0.122. The second-order valence-corrected chi connectivity index (χ2v) is 4.52. The van der Waals surface area contributed by atoms with E-state index in [0.717, 1.165) is 18.5 Å². The van der Waals surface area contributed by atoms with Crippen LogP contribution in [0.15, 0.2) is 24.3 Å². The van der Waals surface area contributed by atoms with E-state index < -0.39 is 0 Å². The Morgan fingerprint density at radius 3 is 3.17 bits per heavy atom. The van der Waals surface area contributed by atoms with Gasteiger partial charge in [-0.1, -0.05) is 24.3 Å². The van der Waals surface area contributed by atoms with E-state index in [1.807, 2.05) is 12.1 Å². The molecule has 1 aliphatic rings. The highest BCUT2D eigenvalue weighted by molar-refractivity contribution is 5.84. The van der Waals surface area contributed by atoms with Gasteiger partial charge in [0.05, 0.1) is 5.92 Å². The molecular weight excluding hydrogens is 228 g/mol. The number of nitrogens with one attached hydrogen (secondary N) is 2. The Morgan fingerprint density at radius 2 is 2.33 bits per heavy atom. The number of hydrogen-bond acceptors (Lipinski definition) is 3. The van der Waals surface area contributed by atoms with E-state index >= 15 is 0 Å². The van der Waals surface area contributed by atoms with Crippen molar-refractivity contribution >= 4 is 5.91 Å². The molecule has 0 aliphatic carbocycles. The molecule has 1 heterocycles. The molecular formula is C14H20N2O2. The number of rotatable bonds is 5. The quantitative estimate of drug-likeness (QED) is 0.765. The first-order chi connectivity index (χ1) is 8.83. The fraction of sp³-hybridized carbons (Fsp3) is 0.500. The normalized spacial score (nSPS) is 18.2. The van der Waals surface area contributed by atoms with Crippen LogP contribution >= 0.6 is 0 Å². The summed E-state index contributed by atoms with van der Waals surface area (Å²) in [7, 11) is 1.67. The Hall–Kier alpha value is -1.39. The van der Waals surface area contributed by atoms with E-state index in [-0.39, 0.29) is 11.8 Å². The van der Waals surface area contributed by atoms with Crippen LogP contribution < -0.4 is 10.6 Å². The molecule has 0 saturated carbocycles. The molecule has 0 fully saturated rings. The monoisotopic (exact) mass is 248 g/mol. The first kappa shape index (κ1) is 13.1. The van der Waals surface area contributed by atoms with Gasteiger partial charge in [-0.3, -0.25) is 4.79 Å². The van der Waals surface area contributed by atoms with E-state index in [9.17, 15) is 4.79 Å². The zero-order valence-corrected chi connectivity index (χ0v) is 10.7. The summed E-state index contributed by atoms with van der Waals surface area (Å²) >= 11 is 0. The van der Waals surface area contributed by atoms with Gasteiger partial charge < -0.3 is 15.4 Å². The third-order valence-corrected chi connectivity index (χ3v) is 3.24. The molecule has 1 unspecified atom stereocenters. The second-order valence-electron chi connectivity index (χ2n) is 4.52. The summed E-state index contributed by atoms with van der Waals surface area (Å²) in [6.07, 6.45) is 0.851. The van der Waals surface area contributed by atoms with E-state index in [1.54, 1.807) is 7.11 Å². The van der Waals surface area contributed by atoms with Gasteiger partial charge in [-0.15, -0.1) is 0 Å². The van der Waals surface area contributed by atoms with Crippen molar-refractivity contribution in [2.24, 2.45) is 0 Å². The Balaban J connectivity index is 1.95. The van der Waals surface area contributed by atoms with E-state index in [1.165, 1.54) is 5.56 Å². The molecule has 0 spiro atoms. The Kier molecular flexibility index (Phi) is 4.73. The lowest BCUT2D eigenvalue weighted by atomic mass is 9.90. The summed E-state index contributed by atoms with van der Waals surface area (Å²) in [6, 6.07) is 8.14. The molecule has 1 aromatic carbocycles. The molecule has 4 nitrogen and oxygen atoms in total. The molecule has 1 aromatic rings. The van der Waals surface area contributed by atoms with Crippen molar-refractivity contribution < 1.29 is 9.53 Å². The average molecular weight is 248 g/mol. The molecule has 4 heteroatoms. The van der Waals surface area contributed by atoms with Gasteiger partial charge in [0.1, 0.15) is 0 Å². The van der Waals surface area contributed by atoms with E-state index in [2.05, 4.69) is 22.8 Å². The molecule has 0 aromatic heterocycles. The van der Waals surface area contributed by atoms with Gasteiger partial charge in [0.15, 0.2) is 0 Å². The fourth-order valence-corrected chi connectivity index (χ4v) is 2.28. The van der Waals surface area contributed by atoms with E-state index in [4.69, 9.17) is 4.74 Å². The van der Waals surface area contributed by atoms with Gasteiger partial charge >= 0.3 is 0 Å². The molecule has 1 amide bonds. The van der Waals surface area contributed by atoms with Crippen LogP contribution in [-0.4, -0.2) is 32.7 Å². The van der Waals surface area contributed by atoms with Crippen molar-refractivity contribution in [3.63, 3.8) is 0 Å². The molecule has 2 rings (SSSR count). The van der Waals surface area contributed by atoms with Gasteiger partial charge in [-0.05, 0) is 17.5 Å². The van der Waals surface area contributed by atoms with Gasteiger partial charge in [-0.25, -0.2) is 0 Å². The third-order valence-electron chi connectivity index (χ3n) is 3.24. The van der Waals surface area contributed by atoms with Crippen LogP contribution in [-0.2, 0) is 16.1 Å². The predicted molar refractivity (Wildman–Crippen MR) is 70.4 cm³/mol. The summed E-state index contributed by atoms with van der Waals surface area (Å²) in [5.41, 5.74) is 2.38. The van der Waals surface area contributed by atoms with Crippen LogP contribution in [0.2, 0.25) is 0 Å². The van der Waals surface area contributed by atoms with Crippen LogP contribution in [0.3, 0.4) is 0 Å². The van der Waals surface area contributed by atoms with Gasteiger partial charge in [0.25, 0.3) is 0 Å². The highest BCUT2D eigenvalue weighted by Gasteiger charge is 2.25. The van der Waals surface area contributed by atoms with Crippen molar-refractivity contribution in [1.82, 2.24) is 10.6 Å². The maximum Gasteiger partial charge on any atom is 0.228 e. The highest BCUT2D eigenvalue weighted by Crippen LogP contribution is 2.23. The molecule has 0 radical (unpaired) electrons. The molecule has 98 valence electrons. The summed E-state index contributed by atoms with van der Waals surface area (Å²) < 4.78 is 4.96. The van der Waals surface area contributed by atoms with Crippen LogP contribution in [0.25, 0.3) is 0 Å². The minimum atomic E-state index is -0.0718. The number of amides is 1. The smallest absolute Gasteiger partial charge is 0.228 e. The number of fused-ring (bicyclic) bond motifs is 1. The Labute approximate surface area is 108 Å². The minimum absolute atomic E-state index is 0.0718. The molecule has 18 heavy (non-hydrogen) atoms. The molecule has 2 N–H and O–H groups in total. The summed E-state index contributed by atoms with van der Waals surface area (Å²) in [5, 5.41) is 6.26. The number of hydrogen-bond donors (Lipinski definition) is 2. The second kappa shape index (κ2) is 6.52. The zero-order valence-electron chi connectivity index (χ0n) is 10.7. The minimum Gasteiger partial charge on any atom is -0.385 e. The Morgan fingerprint density at radius 1 is 1.50 bits per heavy atom. The summed E-state index contributed by atoms with van der Waals surface area (Å²) in [4.78, 5) is 12.1. The van der Waals surface area contributed by atoms with Crippen LogP contribution in [0.1, 0.15) is 23.5 Å². The SMILES string of the molecule is COCCCNC(=O)C1CNCc2ccccc21. The van der Waals surface area contributed by atoms with Crippen LogP contribution in [0, 0.1) is 0 Å². The van der Waals surface area contributed by atoms with Crippen molar-refractivity contribution in [3.8, 4) is 0 Å². The van der Waals surface area contributed by atoms with Crippen LogP contribution in [0.4, 0.5) is 0 Å². The zero-order chi connectivity index (χ0) is 12.8. The molecule has 1 aliphatic heterocycles. The van der Waals surface area contributed by atoms with Gasteiger partial charge in [0, 0.05) is 33.4 Å². The summed E-state index contributed by atoms with van der Waals surface area (Å²) in [5.74, 6) is 0.0308. The largest absolute Gasteiger partial charge is 0.385 e. The lowest BCUT2D eigenvalue weighted by Gasteiger charge is -2.25. The van der Waals surface area contributed by atoms with Crippen molar-refractivity contribution in [1.29, 1.82) is 0 Å². The predicted octanol–water partition coefficient (Wildman–Crippen LogP) is 1.03. The fourth-order valence-electron chi connectivity index (χ4n) is 2.28. The standard InChI is InChI=1S/C14H20N2O2/c1-18-8-4-7-16-14(17)13-10-15-9-11-5-2-3-6-12(11)13/h2-3,5-6,13,15H,4,7-10H2,1H3,(H,16,17). The van der Waals surface area contributed by atoms with Gasteiger partial charge in [-0.2, -0.15) is 0 Å². The molecule has 1 atom stereocenters. The highest BCUT2D eigenvalue weighted by atomic mass is 16.5.